The van der Waals surface area contributed by atoms with E-state index in [0.717, 1.165) is 39.1 Å². The van der Waals surface area contributed by atoms with Gasteiger partial charge in [0, 0.05) is 38.7 Å². The number of carbonyl (C=O) groups excluding carboxylic acids is 1. The molecule has 5 nitrogen and oxygen atoms in total. The smallest absolute Gasteiger partial charge is 0.224 e. The first-order chi connectivity index (χ1) is 8.98. The van der Waals surface area contributed by atoms with Crippen molar-refractivity contribution in [2.24, 2.45) is 17.1 Å². The van der Waals surface area contributed by atoms with Crippen molar-refractivity contribution in [3.63, 3.8) is 0 Å². The third-order valence-corrected chi connectivity index (χ3v) is 3.51. The normalized spacial score (nSPS) is 21.4. The summed E-state index contributed by atoms with van der Waals surface area (Å²) in [5.41, 5.74) is 5.54. The van der Waals surface area contributed by atoms with Gasteiger partial charge >= 0.3 is 0 Å². The molecule has 0 aliphatic carbocycles. The van der Waals surface area contributed by atoms with Crippen molar-refractivity contribution in [3.8, 4) is 0 Å². The molecule has 1 fully saturated rings. The van der Waals surface area contributed by atoms with Crippen LogP contribution in [0.2, 0.25) is 0 Å². The summed E-state index contributed by atoms with van der Waals surface area (Å²) in [6.45, 7) is 9.13. The second-order valence-corrected chi connectivity index (χ2v) is 6.25. The summed E-state index contributed by atoms with van der Waals surface area (Å²) in [5, 5.41) is 2.90. The largest absolute Gasteiger partial charge is 0.384 e. The van der Waals surface area contributed by atoms with Crippen LogP contribution in [0.15, 0.2) is 0 Å². The molecular formula is C14H29N3O2. The fourth-order valence-corrected chi connectivity index (χ4v) is 2.79. The van der Waals surface area contributed by atoms with Crippen LogP contribution in [0.3, 0.4) is 0 Å². The maximum absolute atomic E-state index is 12.0. The van der Waals surface area contributed by atoms with Crippen LogP contribution in [-0.4, -0.2) is 57.2 Å². The van der Waals surface area contributed by atoms with Crippen LogP contribution in [0.1, 0.15) is 26.7 Å². The second kappa shape index (κ2) is 7.82. The van der Waals surface area contributed by atoms with Crippen molar-refractivity contribution in [1.82, 2.24) is 10.2 Å². The molecule has 1 unspecified atom stereocenters. The van der Waals surface area contributed by atoms with Gasteiger partial charge in [-0.3, -0.25) is 4.79 Å². The van der Waals surface area contributed by atoms with E-state index in [0.29, 0.717) is 13.1 Å². The van der Waals surface area contributed by atoms with Crippen molar-refractivity contribution in [3.05, 3.63) is 0 Å². The van der Waals surface area contributed by atoms with Gasteiger partial charge in [-0.1, -0.05) is 13.8 Å². The minimum Gasteiger partial charge on any atom is -0.384 e. The number of amides is 1. The summed E-state index contributed by atoms with van der Waals surface area (Å²) in [5.74, 6) is 0.262. The molecule has 0 aromatic carbocycles. The van der Waals surface area contributed by atoms with Crippen LogP contribution in [0.4, 0.5) is 0 Å². The monoisotopic (exact) mass is 271 g/mol. The topological polar surface area (TPSA) is 67.6 Å². The molecule has 3 N–H and O–H groups in total. The number of piperidine rings is 1. The van der Waals surface area contributed by atoms with Gasteiger partial charge in [-0.15, -0.1) is 0 Å². The van der Waals surface area contributed by atoms with Crippen LogP contribution in [0, 0.1) is 11.3 Å². The lowest BCUT2D eigenvalue weighted by Gasteiger charge is -2.37. The third-order valence-electron chi connectivity index (χ3n) is 3.51. The van der Waals surface area contributed by atoms with E-state index >= 15 is 0 Å². The highest BCUT2D eigenvalue weighted by Gasteiger charge is 2.29. The lowest BCUT2D eigenvalue weighted by Crippen LogP contribution is -2.47. The van der Waals surface area contributed by atoms with E-state index in [9.17, 15) is 4.79 Å². The molecule has 0 radical (unpaired) electrons. The number of methoxy groups -OCH3 is 1. The fraction of sp³-hybridized carbons (Fsp3) is 0.929. The summed E-state index contributed by atoms with van der Waals surface area (Å²) in [6.07, 6.45) is 2.07. The van der Waals surface area contributed by atoms with Gasteiger partial charge < -0.3 is 20.7 Å². The number of nitrogens with two attached hydrogens (primary N) is 1. The molecule has 1 rings (SSSR count). The van der Waals surface area contributed by atoms with Crippen molar-refractivity contribution in [2.45, 2.75) is 26.7 Å². The molecule has 1 saturated heterocycles. The highest BCUT2D eigenvalue weighted by molar-refractivity contribution is 5.78. The van der Waals surface area contributed by atoms with Gasteiger partial charge in [0.25, 0.3) is 0 Å². The molecule has 112 valence electrons. The first-order valence-electron chi connectivity index (χ1n) is 7.17. The van der Waals surface area contributed by atoms with E-state index in [1.54, 1.807) is 7.11 Å². The lowest BCUT2D eigenvalue weighted by molar-refractivity contribution is -0.126. The van der Waals surface area contributed by atoms with Gasteiger partial charge in [0.2, 0.25) is 5.91 Å². The van der Waals surface area contributed by atoms with Crippen LogP contribution in [0.5, 0.6) is 0 Å². The second-order valence-electron chi connectivity index (χ2n) is 6.25. The Bertz CT molecular complexity index is 282. The Hall–Kier alpha value is -0.650. The first-order valence-corrected chi connectivity index (χ1v) is 7.17. The molecule has 0 spiro atoms. The zero-order valence-electron chi connectivity index (χ0n) is 12.6. The standard InChI is InChI=1S/C14H29N3O2/c1-14(2,11-19-3)10-17-8-4-5-12(9-17)13(18)16-7-6-15/h12H,4-11,15H2,1-3H3,(H,16,18). The van der Waals surface area contributed by atoms with E-state index < -0.39 is 0 Å². The van der Waals surface area contributed by atoms with Gasteiger partial charge in [0.05, 0.1) is 12.5 Å². The molecule has 0 saturated carbocycles. The summed E-state index contributed by atoms with van der Waals surface area (Å²) < 4.78 is 5.26. The number of nitrogens with one attached hydrogen (secondary N) is 1. The van der Waals surface area contributed by atoms with Gasteiger partial charge in [0.15, 0.2) is 0 Å². The Kier molecular flexibility index (Phi) is 6.75. The molecule has 0 bridgehead atoms. The Morgan fingerprint density at radius 3 is 2.89 bits per heavy atom. The van der Waals surface area contributed by atoms with Gasteiger partial charge in [-0.05, 0) is 19.4 Å². The molecule has 1 heterocycles. The molecule has 0 aromatic rings. The minimum atomic E-state index is 0.110. The highest BCUT2D eigenvalue weighted by atomic mass is 16.5. The SMILES string of the molecule is COCC(C)(C)CN1CCCC(C(=O)NCCN)C1. The summed E-state index contributed by atoms with van der Waals surface area (Å²) in [4.78, 5) is 14.4. The van der Waals surface area contributed by atoms with Crippen molar-refractivity contribution in [2.75, 3.05) is 46.4 Å². The van der Waals surface area contributed by atoms with Crippen molar-refractivity contribution >= 4 is 5.91 Å². The number of carbonyl (C=O) groups is 1. The predicted octanol–water partition coefficient (Wildman–Crippen LogP) is 0.446. The maximum Gasteiger partial charge on any atom is 0.224 e. The number of ether oxygens (including phenoxy) is 1. The molecule has 0 aromatic heterocycles. The van der Waals surface area contributed by atoms with Gasteiger partial charge in [-0.25, -0.2) is 0 Å². The average Bonchev–Trinajstić information content (AvgIpc) is 2.35. The number of hydrogen-bond donors (Lipinski definition) is 2. The van der Waals surface area contributed by atoms with E-state index in [1.807, 2.05) is 0 Å². The minimum absolute atomic E-state index is 0.110. The molecule has 1 aliphatic heterocycles. The molecule has 1 atom stereocenters. The number of hydrogen-bond acceptors (Lipinski definition) is 4. The molecular weight excluding hydrogens is 242 g/mol. The first kappa shape index (κ1) is 16.4. The Morgan fingerprint density at radius 1 is 1.53 bits per heavy atom. The van der Waals surface area contributed by atoms with Crippen molar-refractivity contribution in [1.29, 1.82) is 0 Å². The predicted molar refractivity (Wildman–Crippen MR) is 76.9 cm³/mol. The molecule has 5 heteroatoms. The van der Waals surface area contributed by atoms with Crippen molar-refractivity contribution < 1.29 is 9.53 Å². The van der Waals surface area contributed by atoms with E-state index in [2.05, 4.69) is 24.1 Å². The molecule has 1 amide bonds. The summed E-state index contributed by atoms with van der Waals surface area (Å²) in [6, 6.07) is 0. The third kappa shape index (κ3) is 5.89. The number of likely N-dealkylation sites (tertiary alicyclic amines) is 1. The van der Waals surface area contributed by atoms with Crippen LogP contribution < -0.4 is 11.1 Å². The maximum atomic E-state index is 12.0. The molecule has 19 heavy (non-hydrogen) atoms. The fourth-order valence-electron chi connectivity index (χ4n) is 2.79. The van der Waals surface area contributed by atoms with E-state index in [4.69, 9.17) is 10.5 Å². The Morgan fingerprint density at radius 2 is 2.26 bits per heavy atom. The molecule has 1 aliphatic rings. The zero-order valence-corrected chi connectivity index (χ0v) is 12.6. The van der Waals surface area contributed by atoms with E-state index in [1.165, 1.54) is 0 Å². The Labute approximate surface area is 116 Å². The summed E-state index contributed by atoms with van der Waals surface area (Å²) >= 11 is 0. The number of rotatable bonds is 7. The summed E-state index contributed by atoms with van der Waals surface area (Å²) in [7, 11) is 1.74. The lowest BCUT2D eigenvalue weighted by atomic mass is 9.90. The zero-order chi connectivity index (χ0) is 14.3. The Balaban J connectivity index is 2.43. The van der Waals surface area contributed by atoms with Gasteiger partial charge in [0.1, 0.15) is 0 Å². The van der Waals surface area contributed by atoms with Gasteiger partial charge in [-0.2, -0.15) is 0 Å². The van der Waals surface area contributed by atoms with Crippen LogP contribution in [-0.2, 0) is 9.53 Å². The van der Waals surface area contributed by atoms with Crippen LogP contribution in [0.25, 0.3) is 0 Å². The van der Waals surface area contributed by atoms with Crippen LogP contribution >= 0.6 is 0 Å². The average molecular weight is 271 g/mol. The quantitative estimate of drug-likeness (QED) is 0.705. The highest BCUT2D eigenvalue weighted by Crippen LogP contribution is 2.22. The number of nitrogens with zero attached hydrogens (tertiary/aromatic N) is 1. The van der Waals surface area contributed by atoms with E-state index in [-0.39, 0.29) is 17.2 Å².